The predicted molar refractivity (Wildman–Crippen MR) is 81.5 cm³/mol. The average Bonchev–Trinajstić information content (AvgIpc) is 3.12. The quantitative estimate of drug-likeness (QED) is 0.928. The van der Waals surface area contributed by atoms with Crippen molar-refractivity contribution >= 4 is 27.5 Å². The molecule has 0 bridgehead atoms. The zero-order chi connectivity index (χ0) is 16.8. The first-order valence-electron chi connectivity index (χ1n) is 7.26. The molecular weight excluding hydrogens is 329 g/mol. The number of amides is 1. The third-order valence-electron chi connectivity index (χ3n) is 4.04. The Balaban J connectivity index is 1.76. The molecular formula is C14H17F3N4OS. The van der Waals surface area contributed by atoms with Crippen molar-refractivity contribution in [2.24, 2.45) is 13.0 Å². The molecule has 1 aliphatic rings. The molecule has 1 atom stereocenters. The lowest BCUT2D eigenvalue weighted by Gasteiger charge is -2.11. The molecule has 2 aromatic heterocycles. The lowest BCUT2D eigenvalue weighted by molar-refractivity contribution is -0.140. The van der Waals surface area contributed by atoms with Gasteiger partial charge in [-0.05, 0) is 32.0 Å². The number of nitrogens with zero attached hydrogens (tertiary/aromatic N) is 3. The molecule has 23 heavy (non-hydrogen) atoms. The second-order valence-corrected chi connectivity index (χ2v) is 6.96. The molecule has 1 aliphatic heterocycles. The van der Waals surface area contributed by atoms with Crippen molar-refractivity contribution in [3.8, 4) is 0 Å². The van der Waals surface area contributed by atoms with Crippen LogP contribution in [-0.2, 0) is 13.2 Å². The smallest absolute Gasteiger partial charge is 0.351 e. The number of halogens is 3. The lowest BCUT2D eigenvalue weighted by atomic mass is 10.1. The number of fused-ring (bicyclic) bond motifs is 1. The summed E-state index contributed by atoms with van der Waals surface area (Å²) in [6.07, 6.45) is -3.51. The van der Waals surface area contributed by atoms with E-state index in [2.05, 4.69) is 15.3 Å². The highest BCUT2D eigenvalue weighted by atomic mass is 32.1. The molecule has 126 valence electrons. The van der Waals surface area contributed by atoms with Crippen LogP contribution < -0.4 is 5.32 Å². The second-order valence-electron chi connectivity index (χ2n) is 5.93. The van der Waals surface area contributed by atoms with E-state index >= 15 is 0 Å². The first-order chi connectivity index (χ1) is 10.8. The topological polar surface area (TPSA) is 50.2 Å². The molecule has 1 N–H and O–H groups in total. The molecule has 5 nitrogen and oxygen atoms in total. The Morgan fingerprint density at radius 2 is 2.22 bits per heavy atom. The zero-order valence-electron chi connectivity index (χ0n) is 12.8. The number of thiophene rings is 1. The zero-order valence-corrected chi connectivity index (χ0v) is 13.6. The first kappa shape index (κ1) is 16.3. The maximum Gasteiger partial charge on any atom is 0.435 e. The largest absolute Gasteiger partial charge is 0.435 e. The number of aryl methyl sites for hydroxylation is 1. The van der Waals surface area contributed by atoms with Gasteiger partial charge in [0.25, 0.3) is 5.91 Å². The summed E-state index contributed by atoms with van der Waals surface area (Å²) in [5.41, 5.74) is -0.942. The molecule has 1 amide bonds. The number of carbonyl (C=O) groups excluding carboxylic acids is 1. The molecule has 0 unspecified atom stereocenters. The molecule has 9 heteroatoms. The number of hydrogen-bond acceptors (Lipinski definition) is 4. The Morgan fingerprint density at radius 1 is 1.48 bits per heavy atom. The van der Waals surface area contributed by atoms with Crippen LogP contribution in [0.5, 0.6) is 0 Å². The predicted octanol–water partition coefficient (Wildman–Crippen LogP) is 2.34. The van der Waals surface area contributed by atoms with Gasteiger partial charge in [0, 0.05) is 25.5 Å². The maximum atomic E-state index is 13.0. The van der Waals surface area contributed by atoms with Gasteiger partial charge >= 0.3 is 6.18 Å². The van der Waals surface area contributed by atoms with Gasteiger partial charge in [0.15, 0.2) is 5.69 Å². The third kappa shape index (κ3) is 3.20. The summed E-state index contributed by atoms with van der Waals surface area (Å²) in [6.45, 7) is 2.47. The van der Waals surface area contributed by atoms with E-state index in [0.29, 0.717) is 17.3 Å². The molecule has 0 aromatic carbocycles. The molecule has 1 fully saturated rings. The minimum absolute atomic E-state index is 0.0178. The average molecular weight is 346 g/mol. The Bertz CT molecular complexity index is 736. The number of aromatic nitrogens is 2. The number of alkyl halides is 3. The van der Waals surface area contributed by atoms with Crippen molar-refractivity contribution in [2.75, 3.05) is 26.7 Å². The normalized spacial score (nSPS) is 19.6. The number of rotatable bonds is 3. The maximum absolute atomic E-state index is 13.0. The van der Waals surface area contributed by atoms with Crippen LogP contribution in [0.2, 0.25) is 0 Å². The van der Waals surface area contributed by atoms with Crippen LogP contribution in [0.15, 0.2) is 6.07 Å². The van der Waals surface area contributed by atoms with Crippen molar-refractivity contribution in [1.29, 1.82) is 0 Å². The summed E-state index contributed by atoms with van der Waals surface area (Å²) in [5, 5.41) is 6.31. The Kier molecular flexibility index (Phi) is 4.09. The van der Waals surface area contributed by atoms with Crippen LogP contribution in [0.3, 0.4) is 0 Å². The summed E-state index contributed by atoms with van der Waals surface area (Å²) >= 11 is 1.03. The summed E-state index contributed by atoms with van der Waals surface area (Å²) < 4.78 is 40.0. The summed E-state index contributed by atoms with van der Waals surface area (Å²) in [5.74, 6) is 0.0691. The van der Waals surface area contributed by atoms with E-state index < -0.39 is 11.9 Å². The molecule has 0 radical (unpaired) electrons. The van der Waals surface area contributed by atoms with Crippen LogP contribution in [0.4, 0.5) is 13.2 Å². The SMILES string of the molecule is CN1CC[C@H](CNC(=O)c2cc3c(C(F)(F)F)nn(C)c3s2)C1. The molecule has 0 aliphatic carbocycles. The number of carbonyl (C=O) groups is 1. The highest BCUT2D eigenvalue weighted by Gasteiger charge is 2.37. The number of nitrogens with one attached hydrogen (secondary N) is 1. The highest BCUT2D eigenvalue weighted by Crippen LogP contribution is 2.37. The Labute approximate surface area is 135 Å². The third-order valence-corrected chi connectivity index (χ3v) is 5.24. The molecule has 1 saturated heterocycles. The summed E-state index contributed by atoms with van der Waals surface area (Å²) in [7, 11) is 3.48. The van der Waals surface area contributed by atoms with E-state index in [9.17, 15) is 18.0 Å². The van der Waals surface area contributed by atoms with Crippen molar-refractivity contribution in [2.45, 2.75) is 12.6 Å². The van der Waals surface area contributed by atoms with Crippen molar-refractivity contribution < 1.29 is 18.0 Å². The van der Waals surface area contributed by atoms with Gasteiger partial charge in [0.05, 0.1) is 4.88 Å². The van der Waals surface area contributed by atoms with Crippen LogP contribution in [0.1, 0.15) is 21.8 Å². The van der Waals surface area contributed by atoms with Gasteiger partial charge in [-0.1, -0.05) is 0 Å². The second kappa shape index (κ2) is 5.79. The fraction of sp³-hybridized carbons (Fsp3) is 0.571. The van der Waals surface area contributed by atoms with Gasteiger partial charge in [0.1, 0.15) is 4.83 Å². The van der Waals surface area contributed by atoms with Gasteiger partial charge in [-0.15, -0.1) is 11.3 Å². The van der Waals surface area contributed by atoms with Crippen LogP contribution in [0, 0.1) is 5.92 Å². The van der Waals surface area contributed by atoms with Gasteiger partial charge < -0.3 is 10.2 Å². The van der Waals surface area contributed by atoms with Crippen molar-refractivity contribution in [3.05, 3.63) is 16.6 Å². The van der Waals surface area contributed by atoms with Gasteiger partial charge in [0.2, 0.25) is 0 Å². The van der Waals surface area contributed by atoms with Crippen LogP contribution in [-0.4, -0.2) is 47.3 Å². The van der Waals surface area contributed by atoms with E-state index in [0.717, 1.165) is 30.8 Å². The minimum Gasteiger partial charge on any atom is -0.351 e. The molecule has 3 rings (SSSR count). The van der Waals surface area contributed by atoms with E-state index in [4.69, 9.17) is 0 Å². The first-order valence-corrected chi connectivity index (χ1v) is 8.08. The lowest BCUT2D eigenvalue weighted by Crippen LogP contribution is -2.29. The van der Waals surface area contributed by atoms with E-state index in [1.54, 1.807) is 0 Å². The monoisotopic (exact) mass is 346 g/mol. The van der Waals surface area contributed by atoms with E-state index in [1.165, 1.54) is 17.8 Å². The molecule has 3 heterocycles. The Morgan fingerprint density at radius 3 is 2.83 bits per heavy atom. The molecule has 0 spiro atoms. The van der Waals surface area contributed by atoms with Gasteiger partial charge in [-0.25, -0.2) is 0 Å². The van der Waals surface area contributed by atoms with Crippen molar-refractivity contribution in [3.63, 3.8) is 0 Å². The number of hydrogen-bond donors (Lipinski definition) is 1. The summed E-state index contributed by atoms with van der Waals surface area (Å²) in [6, 6.07) is 1.28. The molecule has 0 saturated carbocycles. The van der Waals surface area contributed by atoms with Crippen LogP contribution in [0.25, 0.3) is 10.2 Å². The van der Waals surface area contributed by atoms with Crippen LogP contribution >= 0.6 is 11.3 Å². The fourth-order valence-corrected chi connectivity index (χ4v) is 3.87. The highest BCUT2D eigenvalue weighted by molar-refractivity contribution is 7.20. The minimum atomic E-state index is -4.53. The Hall–Kier alpha value is -1.61. The van der Waals surface area contributed by atoms with Gasteiger partial charge in [-0.2, -0.15) is 18.3 Å². The van der Waals surface area contributed by atoms with E-state index in [1.807, 2.05) is 7.05 Å². The van der Waals surface area contributed by atoms with Crippen molar-refractivity contribution in [1.82, 2.24) is 20.0 Å². The summed E-state index contributed by atoms with van der Waals surface area (Å²) in [4.78, 5) is 15.0. The standard InChI is InChI=1S/C14H17F3N4OS/c1-20-4-3-8(7-20)6-18-12(22)10-5-9-11(14(15,16)17)19-21(2)13(9)23-10/h5,8H,3-4,6-7H2,1-2H3,(H,18,22)/t8-/m1/s1. The number of likely N-dealkylation sites (tertiary alicyclic amines) is 1. The van der Waals surface area contributed by atoms with E-state index in [-0.39, 0.29) is 16.2 Å². The molecule has 2 aromatic rings. The fourth-order valence-electron chi connectivity index (χ4n) is 2.88. The van der Waals surface area contributed by atoms with Gasteiger partial charge in [-0.3, -0.25) is 9.48 Å².